The van der Waals surface area contributed by atoms with E-state index in [-0.39, 0.29) is 48.7 Å². The van der Waals surface area contributed by atoms with E-state index in [1.54, 1.807) is 19.2 Å². The van der Waals surface area contributed by atoms with Crippen LogP contribution in [0.1, 0.15) is 31.2 Å². The third-order valence-corrected chi connectivity index (χ3v) is 4.84. The molecule has 0 heterocycles. The maximum atomic E-state index is 13.5. The average molecular weight is 538 g/mol. The summed E-state index contributed by atoms with van der Waals surface area (Å²) >= 11 is 3.10. The van der Waals surface area contributed by atoms with E-state index in [4.69, 9.17) is 0 Å². The number of aliphatic imine (C=N–C) groups is 1. The van der Waals surface area contributed by atoms with Gasteiger partial charge in [-0.2, -0.15) is 13.2 Å². The highest BCUT2D eigenvalue weighted by atomic mass is 127. The molecule has 2 rings (SSSR count). The Bertz CT molecular complexity index is 587. The van der Waals surface area contributed by atoms with Crippen molar-refractivity contribution in [3.63, 3.8) is 0 Å². The van der Waals surface area contributed by atoms with E-state index in [0.29, 0.717) is 29.8 Å². The summed E-state index contributed by atoms with van der Waals surface area (Å²) in [5.74, 6) is -1.03. The summed E-state index contributed by atoms with van der Waals surface area (Å²) in [5, 5.41) is 6.20. The summed E-state index contributed by atoms with van der Waals surface area (Å²) in [6.45, 7) is 0.377. The third kappa shape index (κ3) is 6.92. The summed E-state index contributed by atoms with van der Waals surface area (Å²) in [7, 11) is 1.60. The molecule has 1 fully saturated rings. The van der Waals surface area contributed by atoms with Gasteiger partial charge in [-0.15, -0.1) is 24.0 Å². The first-order valence-corrected chi connectivity index (χ1v) is 8.56. The number of guanidine groups is 1. The standard InChI is InChI=1S/C16H20BrF4N3.HI/c1-22-15(23-9-10-2-7-13(17)14(18)8-10)24-12-5-3-11(4-6-12)16(19,20)21;/h2,7-8,11-12H,3-6,9H2,1H3,(H2,22,23,24);1H. The molecule has 1 aromatic rings. The zero-order chi connectivity index (χ0) is 17.7. The van der Waals surface area contributed by atoms with Gasteiger partial charge < -0.3 is 10.6 Å². The molecule has 0 radical (unpaired) electrons. The molecule has 1 aromatic carbocycles. The number of hydrogen-bond donors (Lipinski definition) is 2. The lowest BCUT2D eigenvalue weighted by atomic mass is 9.85. The van der Waals surface area contributed by atoms with Crippen molar-refractivity contribution in [2.75, 3.05) is 7.05 Å². The number of nitrogens with zero attached hydrogens (tertiary/aromatic N) is 1. The highest BCUT2D eigenvalue weighted by Crippen LogP contribution is 2.37. The normalized spacial score (nSPS) is 21.4. The number of hydrogen-bond acceptors (Lipinski definition) is 1. The van der Waals surface area contributed by atoms with Gasteiger partial charge in [0.05, 0.1) is 10.4 Å². The molecule has 0 amide bonds. The van der Waals surface area contributed by atoms with E-state index in [9.17, 15) is 17.6 Å². The largest absolute Gasteiger partial charge is 0.391 e. The zero-order valence-electron chi connectivity index (χ0n) is 13.7. The summed E-state index contributed by atoms with van der Waals surface area (Å²) < 4.78 is 51.9. The van der Waals surface area contributed by atoms with Gasteiger partial charge >= 0.3 is 6.18 Å². The van der Waals surface area contributed by atoms with E-state index >= 15 is 0 Å². The van der Waals surface area contributed by atoms with Gasteiger partial charge in [0.2, 0.25) is 0 Å². The lowest BCUT2D eigenvalue weighted by Crippen LogP contribution is -2.45. The van der Waals surface area contributed by atoms with Gasteiger partial charge in [-0.05, 0) is 59.3 Å². The lowest BCUT2D eigenvalue weighted by molar-refractivity contribution is -0.182. The Balaban J connectivity index is 0.00000312. The van der Waals surface area contributed by atoms with Crippen LogP contribution in [0.25, 0.3) is 0 Å². The van der Waals surface area contributed by atoms with E-state index in [2.05, 4.69) is 31.6 Å². The lowest BCUT2D eigenvalue weighted by Gasteiger charge is -2.31. The van der Waals surface area contributed by atoms with Gasteiger partial charge in [-0.1, -0.05) is 6.07 Å². The van der Waals surface area contributed by atoms with Crippen LogP contribution in [-0.2, 0) is 6.54 Å². The molecule has 25 heavy (non-hydrogen) atoms. The number of alkyl halides is 3. The summed E-state index contributed by atoms with van der Waals surface area (Å²) in [5.41, 5.74) is 0.749. The molecule has 0 unspecified atom stereocenters. The maximum absolute atomic E-state index is 13.5. The average Bonchev–Trinajstić information content (AvgIpc) is 2.54. The number of benzene rings is 1. The van der Waals surface area contributed by atoms with Crippen LogP contribution in [0, 0.1) is 11.7 Å². The molecule has 3 nitrogen and oxygen atoms in total. The molecule has 142 valence electrons. The van der Waals surface area contributed by atoms with Crippen molar-refractivity contribution in [2.24, 2.45) is 10.9 Å². The molecule has 0 bridgehead atoms. The van der Waals surface area contributed by atoms with Gasteiger partial charge in [-0.25, -0.2) is 4.39 Å². The second-order valence-electron chi connectivity index (χ2n) is 5.91. The van der Waals surface area contributed by atoms with Crippen LogP contribution in [0.2, 0.25) is 0 Å². The van der Waals surface area contributed by atoms with Crippen molar-refractivity contribution < 1.29 is 17.6 Å². The fourth-order valence-electron chi connectivity index (χ4n) is 2.79. The van der Waals surface area contributed by atoms with Gasteiger partial charge in [0, 0.05) is 19.6 Å². The Morgan fingerprint density at radius 1 is 1.24 bits per heavy atom. The second kappa shape index (κ2) is 9.94. The van der Waals surface area contributed by atoms with E-state index < -0.39 is 12.1 Å². The molecule has 2 N–H and O–H groups in total. The molecular weight excluding hydrogens is 517 g/mol. The summed E-state index contributed by atoms with van der Waals surface area (Å²) in [6, 6.07) is 4.79. The highest BCUT2D eigenvalue weighted by Gasteiger charge is 2.41. The monoisotopic (exact) mass is 537 g/mol. The zero-order valence-corrected chi connectivity index (χ0v) is 17.6. The van der Waals surface area contributed by atoms with E-state index in [0.717, 1.165) is 5.56 Å². The Morgan fingerprint density at radius 3 is 2.40 bits per heavy atom. The Morgan fingerprint density at radius 2 is 1.88 bits per heavy atom. The number of halogens is 6. The predicted molar refractivity (Wildman–Crippen MR) is 105 cm³/mol. The highest BCUT2D eigenvalue weighted by molar-refractivity contribution is 14.0. The quantitative estimate of drug-likeness (QED) is 0.247. The number of rotatable bonds is 3. The second-order valence-corrected chi connectivity index (χ2v) is 6.76. The van der Waals surface area contributed by atoms with Crippen molar-refractivity contribution in [2.45, 2.75) is 44.4 Å². The molecule has 0 aliphatic heterocycles. The Labute approximate surface area is 170 Å². The topological polar surface area (TPSA) is 36.4 Å². The summed E-state index contributed by atoms with van der Waals surface area (Å²) in [6.07, 6.45) is -2.92. The Kier molecular flexibility index (Phi) is 8.93. The van der Waals surface area contributed by atoms with Crippen molar-refractivity contribution in [3.05, 3.63) is 34.1 Å². The predicted octanol–water partition coefficient (Wildman–Crippen LogP) is 4.99. The van der Waals surface area contributed by atoms with Crippen molar-refractivity contribution in [1.29, 1.82) is 0 Å². The van der Waals surface area contributed by atoms with Gasteiger partial charge in [0.1, 0.15) is 5.82 Å². The first kappa shape index (κ1) is 22.5. The maximum Gasteiger partial charge on any atom is 0.391 e. The SMILES string of the molecule is CN=C(NCc1ccc(Br)c(F)c1)NC1CCC(C(F)(F)F)CC1.I. The molecule has 1 aliphatic rings. The van der Waals surface area contributed by atoms with Crippen molar-refractivity contribution in [3.8, 4) is 0 Å². The smallest absolute Gasteiger partial charge is 0.354 e. The fourth-order valence-corrected chi connectivity index (χ4v) is 3.04. The van der Waals surface area contributed by atoms with Crippen LogP contribution >= 0.6 is 39.9 Å². The molecule has 1 saturated carbocycles. The van der Waals surface area contributed by atoms with E-state index in [1.807, 2.05) is 0 Å². The molecule has 0 atom stereocenters. The van der Waals surface area contributed by atoms with Crippen LogP contribution in [0.5, 0.6) is 0 Å². The molecule has 0 saturated heterocycles. The van der Waals surface area contributed by atoms with Crippen LogP contribution < -0.4 is 10.6 Å². The van der Waals surface area contributed by atoms with Crippen LogP contribution in [0.15, 0.2) is 27.7 Å². The minimum atomic E-state index is -4.10. The first-order chi connectivity index (χ1) is 11.3. The minimum absolute atomic E-state index is 0. The van der Waals surface area contributed by atoms with Gasteiger partial charge in [0.15, 0.2) is 5.96 Å². The van der Waals surface area contributed by atoms with E-state index in [1.165, 1.54) is 6.07 Å². The first-order valence-electron chi connectivity index (χ1n) is 7.77. The molecule has 0 spiro atoms. The van der Waals surface area contributed by atoms with Crippen LogP contribution in [0.4, 0.5) is 17.6 Å². The van der Waals surface area contributed by atoms with Gasteiger partial charge in [-0.3, -0.25) is 4.99 Å². The van der Waals surface area contributed by atoms with Crippen LogP contribution in [-0.4, -0.2) is 25.2 Å². The van der Waals surface area contributed by atoms with Crippen molar-refractivity contribution >= 4 is 45.9 Å². The minimum Gasteiger partial charge on any atom is -0.354 e. The van der Waals surface area contributed by atoms with Crippen molar-refractivity contribution in [1.82, 2.24) is 10.6 Å². The fraction of sp³-hybridized carbons (Fsp3) is 0.562. The molecule has 0 aromatic heterocycles. The van der Waals surface area contributed by atoms with Crippen LogP contribution in [0.3, 0.4) is 0 Å². The third-order valence-electron chi connectivity index (χ3n) is 4.20. The number of nitrogens with one attached hydrogen (secondary N) is 2. The molecule has 9 heteroatoms. The molecular formula is C16H21BrF4IN3. The summed E-state index contributed by atoms with van der Waals surface area (Å²) in [4.78, 5) is 4.07. The van der Waals surface area contributed by atoms with Gasteiger partial charge in [0.25, 0.3) is 0 Å². The molecule has 1 aliphatic carbocycles. The Hall–Kier alpha value is -0.580.